The van der Waals surface area contributed by atoms with Gasteiger partial charge in [0.1, 0.15) is 10.1 Å². The van der Waals surface area contributed by atoms with Crippen molar-refractivity contribution in [3.05, 3.63) is 29.8 Å². The smallest absolute Gasteiger partial charge is 0.124 e. The van der Waals surface area contributed by atoms with Crippen LogP contribution in [0.25, 0.3) is 0 Å². The Kier molecular flexibility index (Phi) is 44.0. The highest BCUT2D eigenvalue weighted by atomic mass is 32.2. The number of quaternary nitrogens is 1. The molecule has 0 bridgehead atoms. The SMILES string of the molecule is CCCCCCCCCCCC[N+](CCCCCCCCCCCC)(CCCCCCCCCCCC)CCCCCCCCCCCC.Cc1ccccc1S(=O)(=O)[O-]. The number of unbranched alkanes of at least 4 members (excludes halogenated alkanes) is 36. The lowest BCUT2D eigenvalue weighted by Crippen LogP contribution is -2.50. The molecule has 0 aromatic heterocycles. The highest BCUT2D eigenvalue weighted by Gasteiger charge is 2.25. The van der Waals surface area contributed by atoms with Gasteiger partial charge in [0.2, 0.25) is 0 Å². The van der Waals surface area contributed by atoms with Crippen molar-refractivity contribution < 1.29 is 17.5 Å². The third-order valence-electron chi connectivity index (χ3n) is 13.3. The first-order chi connectivity index (χ1) is 29.3. The normalized spacial score (nSPS) is 11.9. The summed E-state index contributed by atoms with van der Waals surface area (Å²) in [5, 5.41) is 0. The fourth-order valence-corrected chi connectivity index (χ4v) is 9.95. The van der Waals surface area contributed by atoms with Crippen LogP contribution < -0.4 is 0 Å². The van der Waals surface area contributed by atoms with E-state index in [-0.39, 0.29) is 4.90 Å². The fraction of sp³-hybridized carbons (Fsp3) is 0.891. The molecule has 1 rings (SSSR count). The molecular weight excluding hydrogens is 755 g/mol. The summed E-state index contributed by atoms with van der Waals surface area (Å²) in [4.78, 5) is -0.139. The summed E-state index contributed by atoms with van der Waals surface area (Å²) < 4.78 is 33.0. The van der Waals surface area contributed by atoms with E-state index in [0.29, 0.717) is 5.56 Å². The molecule has 0 unspecified atom stereocenters. The Balaban J connectivity index is 0.00000271. The lowest BCUT2D eigenvalue weighted by Gasteiger charge is -2.40. The zero-order chi connectivity index (χ0) is 44.1. The van der Waals surface area contributed by atoms with Gasteiger partial charge < -0.3 is 9.04 Å². The minimum atomic E-state index is -4.28. The van der Waals surface area contributed by atoms with Crippen molar-refractivity contribution in [3.63, 3.8) is 0 Å². The molecule has 0 atom stereocenters. The van der Waals surface area contributed by atoms with Crippen LogP contribution in [-0.4, -0.2) is 43.6 Å². The van der Waals surface area contributed by atoms with Gasteiger partial charge in [-0.05, 0) is 69.9 Å². The van der Waals surface area contributed by atoms with Gasteiger partial charge >= 0.3 is 0 Å². The summed E-state index contributed by atoms with van der Waals surface area (Å²) in [6.07, 6.45) is 58.7. The zero-order valence-electron chi connectivity index (χ0n) is 41.5. The Bertz CT molecular complexity index is 1000. The molecule has 1 aromatic rings. The van der Waals surface area contributed by atoms with Gasteiger partial charge in [-0.3, -0.25) is 0 Å². The van der Waals surface area contributed by atoms with Crippen LogP contribution in [0.2, 0.25) is 0 Å². The van der Waals surface area contributed by atoms with Gasteiger partial charge in [0.05, 0.1) is 31.1 Å². The maximum atomic E-state index is 10.5. The third kappa shape index (κ3) is 38.7. The predicted molar refractivity (Wildman–Crippen MR) is 266 cm³/mol. The number of hydrogen-bond acceptors (Lipinski definition) is 3. The number of nitrogens with zero attached hydrogens (tertiary/aromatic N) is 1. The Labute approximate surface area is 378 Å². The van der Waals surface area contributed by atoms with Crippen molar-refractivity contribution in [2.75, 3.05) is 26.2 Å². The maximum absolute atomic E-state index is 10.5. The zero-order valence-corrected chi connectivity index (χ0v) is 42.3. The van der Waals surface area contributed by atoms with Crippen molar-refractivity contribution in [1.29, 1.82) is 0 Å². The lowest BCUT2D eigenvalue weighted by molar-refractivity contribution is -0.929. The Hall–Kier alpha value is -0.910. The largest absolute Gasteiger partial charge is 0.744 e. The number of hydrogen-bond donors (Lipinski definition) is 0. The molecule has 5 heteroatoms. The third-order valence-corrected chi connectivity index (χ3v) is 14.3. The van der Waals surface area contributed by atoms with Crippen molar-refractivity contribution in [3.8, 4) is 0 Å². The topological polar surface area (TPSA) is 57.2 Å². The van der Waals surface area contributed by atoms with Crippen molar-refractivity contribution in [2.45, 2.75) is 296 Å². The van der Waals surface area contributed by atoms with Crippen molar-refractivity contribution in [1.82, 2.24) is 0 Å². The second-order valence-electron chi connectivity index (χ2n) is 19.2. The van der Waals surface area contributed by atoms with Crippen LogP contribution in [-0.2, 0) is 10.1 Å². The van der Waals surface area contributed by atoms with E-state index in [1.54, 1.807) is 19.1 Å². The maximum Gasteiger partial charge on any atom is 0.124 e. The number of rotatable bonds is 45. The Morgan fingerprint density at radius 1 is 0.350 bits per heavy atom. The van der Waals surface area contributed by atoms with E-state index in [0.717, 1.165) is 0 Å². The first-order valence-electron chi connectivity index (χ1n) is 27.1. The van der Waals surface area contributed by atoms with Crippen LogP contribution in [0.15, 0.2) is 29.2 Å². The molecule has 0 aliphatic carbocycles. The molecule has 0 N–H and O–H groups in total. The second kappa shape index (κ2) is 44.7. The minimum Gasteiger partial charge on any atom is -0.744 e. The highest BCUT2D eigenvalue weighted by Crippen LogP contribution is 2.22. The molecule has 0 saturated carbocycles. The molecular formula is C55H107NO3S. The molecule has 0 heterocycles. The van der Waals surface area contributed by atoms with Crippen LogP contribution in [0.4, 0.5) is 0 Å². The van der Waals surface area contributed by atoms with Gasteiger partial charge in [0.15, 0.2) is 0 Å². The van der Waals surface area contributed by atoms with E-state index in [1.165, 1.54) is 300 Å². The molecule has 0 saturated heterocycles. The van der Waals surface area contributed by atoms with E-state index in [2.05, 4.69) is 27.7 Å². The predicted octanol–water partition coefficient (Wildman–Crippen LogP) is 18.4. The van der Waals surface area contributed by atoms with Gasteiger partial charge in [0, 0.05) is 0 Å². The summed E-state index contributed by atoms with van der Waals surface area (Å²) in [7, 11) is -4.28. The van der Waals surface area contributed by atoms with Crippen molar-refractivity contribution >= 4 is 10.1 Å². The summed E-state index contributed by atoms with van der Waals surface area (Å²) >= 11 is 0. The molecule has 0 spiro atoms. The first-order valence-corrected chi connectivity index (χ1v) is 28.5. The highest BCUT2D eigenvalue weighted by molar-refractivity contribution is 7.85. The van der Waals surface area contributed by atoms with Crippen LogP contribution in [0.1, 0.15) is 290 Å². The average Bonchev–Trinajstić information content (AvgIpc) is 3.23. The van der Waals surface area contributed by atoms with Gasteiger partial charge in [-0.2, -0.15) is 0 Å². The quantitative estimate of drug-likeness (QED) is 0.0373. The van der Waals surface area contributed by atoms with Gasteiger partial charge in [-0.25, -0.2) is 8.42 Å². The van der Waals surface area contributed by atoms with Crippen LogP contribution >= 0.6 is 0 Å². The minimum absolute atomic E-state index is 0.139. The van der Waals surface area contributed by atoms with Gasteiger partial charge in [-0.1, -0.05) is 251 Å². The van der Waals surface area contributed by atoms with E-state index in [4.69, 9.17) is 0 Å². The molecule has 0 aliphatic rings. The van der Waals surface area contributed by atoms with Crippen LogP contribution in [0, 0.1) is 6.92 Å². The first kappa shape index (κ1) is 59.1. The lowest BCUT2D eigenvalue weighted by atomic mass is 10.0. The molecule has 0 aliphatic heterocycles. The molecule has 60 heavy (non-hydrogen) atoms. The monoisotopic (exact) mass is 862 g/mol. The van der Waals surface area contributed by atoms with E-state index in [9.17, 15) is 13.0 Å². The van der Waals surface area contributed by atoms with Crippen LogP contribution in [0.5, 0.6) is 0 Å². The number of benzene rings is 1. The van der Waals surface area contributed by atoms with E-state index >= 15 is 0 Å². The van der Waals surface area contributed by atoms with E-state index in [1.807, 2.05) is 0 Å². The van der Waals surface area contributed by atoms with Crippen molar-refractivity contribution in [2.24, 2.45) is 0 Å². The molecule has 1 aromatic carbocycles. The van der Waals surface area contributed by atoms with Gasteiger partial charge in [-0.15, -0.1) is 0 Å². The second-order valence-corrected chi connectivity index (χ2v) is 20.5. The number of aryl methyl sites for hydroxylation is 1. The average molecular weight is 863 g/mol. The summed E-state index contributed by atoms with van der Waals surface area (Å²) in [6, 6.07) is 6.10. The fourth-order valence-electron chi connectivity index (χ4n) is 9.25. The van der Waals surface area contributed by atoms with Gasteiger partial charge in [0.25, 0.3) is 0 Å². The summed E-state index contributed by atoms with van der Waals surface area (Å²) in [5.74, 6) is 0. The standard InChI is InChI=1S/C48H100N.C7H8O3S/c1-5-9-13-17-21-25-29-33-37-41-45-49(46-42-38-34-30-26-22-18-14-10-6-2,47-43-39-35-31-27-23-19-15-11-7-3)48-44-40-36-32-28-24-20-16-12-8-4;1-6-4-2-3-5-7(6)11(8,9)10/h5-48H2,1-4H3;2-5H,1H3,(H,8,9,10)/q+1;/p-1. The summed E-state index contributed by atoms with van der Waals surface area (Å²) in [5.41, 5.74) is 0.488. The molecule has 0 radical (unpaired) electrons. The molecule has 4 nitrogen and oxygen atoms in total. The van der Waals surface area contributed by atoms with E-state index < -0.39 is 10.1 Å². The molecule has 0 fully saturated rings. The Morgan fingerprint density at radius 3 is 0.733 bits per heavy atom. The molecule has 0 amide bonds. The Morgan fingerprint density at radius 2 is 0.550 bits per heavy atom. The molecule has 356 valence electrons. The summed E-state index contributed by atoms with van der Waals surface area (Å²) in [6.45, 7) is 16.9. The van der Waals surface area contributed by atoms with Crippen LogP contribution in [0.3, 0.4) is 0 Å².